The Morgan fingerprint density at radius 1 is 1.25 bits per heavy atom. The SMILES string of the molecule is O=C(CCn1nc(C(F)(F)F)c(Br)c1C1CC1)Nc1ncn(Cc2ccc(Cl)cc2Cl)n1. The lowest BCUT2D eigenvalue weighted by atomic mass is 10.2. The number of nitrogens with zero attached hydrogens (tertiary/aromatic N) is 5. The van der Waals surface area contributed by atoms with Crippen LogP contribution in [0.5, 0.6) is 0 Å². The average Bonchev–Trinajstić information content (AvgIpc) is 3.34. The highest BCUT2D eigenvalue weighted by Gasteiger charge is 2.41. The molecule has 170 valence electrons. The Labute approximate surface area is 199 Å². The molecule has 3 aromatic rings. The van der Waals surface area contributed by atoms with E-state index >= 15 is 0 Å². The number of hydrogen-bond donors (Lipinski definition) is 1. The molecule has 0 unspecified atom stereocenters. The van der Waals surface area contributed by atoms with Crippen LogP contribution in [-0.2, 0) is 24.1 Å². The molecule has 1 aromatic carbocycles. The molecule has 1 N–H and O–H groups in total. The summed E-state index contributed by atoms with van der Waals surface area (Å²) in [4.78, 5) is 16.4. The maximum atomic E-state index is 13.2. The third kappa shape index (κ3) is 5.26. The summed E-state index contributed by atoms with van der Waals surface area (Å²) >= 11 is 15.1. The zero-order chi connectivity index (χ0) is 23.0. The molecule has 4 rings (SSSR count). The fourth-order valence-electron chi connectivity index (χ4n) is 3.20. The Morgan fingerprint density at radius 3 is 2.66 bits per heavy atom. The molecule has 1 fully saturated rings. The number of aromatic nitrogens is 5. The van der Waals surface area contributed by atoms with Gasteiger partial charge in [0.1, 0.15) is 6.33 Å². The number of carbonyl (C=O) groups is 1. The summed E-state index contributed by atoms with van der Waals surface area (Å²) in [6, 6.07) is 5.08. The van der Waals surface area contributed by atoms with Gasteiger partial charge in [-0.05, 0) is 46.5 Å². The van der Waals surface area contributed by atoms with Crippen LogP contribution in [0.1, 0.15) is 42.1 Å². The number of aryl methyl sites for hydroxylation is 1. The van der Waals surface area contributed by atoms with E-state index in [-0.39, 0.29) is 29.3 Å². The van der Waals surface area contributed by atoms with Gasteiger partial charge in [0, 0.05) is 22.4 Å². The van der Waals surface area contributed by atoms with Crippen molar-refractivity contribution in [2.75, 3.05) is 5.32 Å². The minimum Gasteiger partial charge on any atom is -0.293 e. The van der Waals surface area contributed by atoms with Crippen LogP contribution in [0, 0.1) is 0 Å². The van der Waals surface area contributed by atoms with Crippen LogP contribution >= 0.6 is 39.1 Å². The fourth-order valence-corrected chi connectivity index (χ4v) is 4.50. The Bertz CT molecular complexity index is 1160. The molecule has 0 radical (unpaired) electrons. The Kier molecular flexibility index (Phi) is 6.51. The number of hydrogen-bond acceptors (Lipinski definition) is 4. The van der Waals surface area contributed by atoms with Gasteiger partial charge in [-0.25, -0.2) is 9.67 Å². The molecule has 1 amide bonds. The number of benzene rings is 1. The van der Waals surface area contributed by atoms with Crippen molar-refractivity contribution in [3.8, 4) is 0 Å². The third-order valence-electron chi connectivity index (χ3n) is 4.85. The van der Waals surface area contributed by atoms with E-state index in [1.807, 2.05) is 0 Å². The highest BCUT2D eigenvalue weighted by molar-refractivity contribution is 9.10. The molecular weight excluding hydrogens is 536 g/mol. The van der Waals surface area contributed by atoms with E-state index in [1.165, 1.54) is 15.7 Å². The van der Waals surface area contributed by atoms with Gasteiger partial charge in [-0.2, -0.15) is 18.3 Å². The summed E-state index contributed by atoms with van der Waals surface area (Å²) in [7, 11) is 0. The smallest absolute Gasteiger partial charge is 0.293 e. The topological polar surface area (TPSA) is 77.6 Å². The normalized spacial score (nSPS) is 14.1. The number of rotatable bonds is 7. The van der Waals surface area contributed by atoms with Crippen molar-refractivity contribution < 1.29 is 18.0 Å². The van der Waals surface area contributed by atoms with Crippen molar-refractivity contribution in [2.45, 2.75) is 44.4 Å². The van der Waals surface area contributed by atoms with Crippen LogP contribution < -0.4 is 5.32 Å². The van der Waals surface area contributed by atoms with Gasteiger partial charge in [0.15, 0.2) is 5.69 Å². The van der Waals surface area contributed by atoms with Gasteiger partial charge < -0.3 is 0 Å². The van der Waals surface area contributed by atoms with Crippen LogP contribution in [-0.4, -0.2) is 30.5 Å². The molecule has 0 aliphatic heterocycles. The van der Waals surface area contributed by atoms with Crippen molar-refractivity contribution >= 4 is 51.0 Å². The second-order valence-corrected chi connectivity index (χ2v) is 8.98. The molecular formula is C19H16BrCl2F3N6O. The molecule has 1 aliphatic rings. The number of nitrogens with one attached hydrogen (secondary N) is 1. The van der Waals surface area contributed by atoms with Gasteiger partial charge >= 0.3 is 6.18 Å². The molecule has 13 heteroatoms. The van der Waals surface area contributed by atoms with E-state index in [4.69, 9.17) is 23.2 Å². The molecule has 7 nitrogen and oxygen atoms in total. The lowest BCUT2D eigenvalue weighted by Gasteiger charge is -2.07. The van der Waals surface area contributed by atoms with Crippen molar-refractivity contribution in [2.24, 2.45) is 0 Å². The first-order valence-electron chi connectivity index (χ1n) is 9.58. The quantitative estimate of drug-likeness (QED) is 0.419. The number of alkyl halides is 3. The van der Waals surface area contributed by atoms with Gasteiger partial charge in [-0.1, -0.05) is 29.3 Å². The third-order valence-corrected chi connectivity index (χ3v) is 6.22. The predicted molar refractivity (Wildman–Crippen MR) is 116 cm³/mol. The summed E-state index contributed by atoms with van der Waals surface area (Å²) in [6.45, 7) is 0.332. The van der Waals surface area contributed by atoms with Gasteiger partial charge in [0.2, 0.25) is 11.9 Å². The Morgan fingerprint density at radius 2 is 2.00 bits per heavy atom. The molecule has 0 saturated heterocycles. The van der Waals surface area contributed by atoms with E-state index < -0.39 is 17.8 Å². The molecule has 2 aromatic heterocycles. The molecule has 0 atom stereocenters. The highest BCUT2D eigenvalue weighted by atomic mass is 79.9. The second-order valence-electron chi connectivity index (χ2n) is 7.34. The first-order chi connectivity index (χ1) is 15.1. The van der Waals surface area contributed by atoms with Gasteiger partial charge in [0.05, 0.1) is 23.3 Å². The summed E-state index contributed by atoms with van der Waals surface area (Å²) in [5, 5.41) is 11.4. The Balaban J connectivity index is 1.38. The predicted octanol–water partition coefficient (Wildman–Crippen LogP) is 5.52. The van der Waals surface area contributed by atoms with Gasteiger partial charge in [-0.15, -0.1) is 5.10 Å². The summed E-state index contributed by atoms with van der Waals surface area (Å²) in [6.07, 6.45) is -1.62. The van der Waals surface area contributed by atoms with Crippen LogP contribution in [0.25, 0.3) is 0 Å². The molecule has 2 heterocycles. The van der Waals surface area contributed by atoms with E-state index in [1.54, 1.807) is 18.2 Å². The van der Waals surface area contributed by atoms with Crippen molar-refractivity contribution in [1.82, 2.24) is 24.5 Å². The van der Waals surface area contributed by atoms with Gasteiger partial charge in [-0.3, -0.25) is 14.8 Å². The maximum absolute atomic E-state index is 13.2. The minimum absolute atomic E-state index is 0.00738. The summed E-state index contributed by atoms with van der Waals surface area (Å²) in [5.41, 5.74) is 0.282. The highest BCUT2D eigenvalue weighted by Crippen LogP contribution is 2.47. The monoisotopic (exact) mass is 550 g/mol. The average molecular weight is 552 g/mol. The zero-order valence-corrected chi connectivity index (χ0v) is 19.4. The van der Waals surface area contributed by atoms with E-state index in [0.717, 1.165) is 18.4 Å². The zero-order valence-electron chi connectivity index (χ0n) is 16.3. The van der Waals surface area contributed by atoms with Crippen molar-refractivity contribution in [1.29, 1.82) is 0 Å². The first-order valence-corrected chi connectivity index (χ1v) is 11.1. The maximum Gasteiger partial charge on any atom is 0.436 e. The number of amides is 1. The van der Waals surface area contributed by atoms with E-state index in [9.17, 15) is 18.0 Å². The van der Waals surface area contributed by atoms with E-state index in [0.29, 0.717) is 22.3 Å². The Hall–Kier alpha value is -2.11. The van der Waals surface area contributed by atoms with Crippen molar-refractivity contribution in [3.63, 3.8) is 0 Å². The molecule has 32 heavy (non-hydrogen) atoms. The van der Waals surface area contributed by atoms with Crippen molar-refractivity contribution in [3.05, 3.63) is 56.0 Å². The first kappa shape index (κ1) is 23.1. The lowest BCUT2D eigenvalue weighted by Crippen LogP contribution is -2.17. The van der Waals surface area contributed by atoms with Crippen LogP contribution in [0.3, 0.4) is 0 Å². The number of halogens is 6. The minimum atomic E-state index is -4.57. The van der Waals surface area contributed by atoms with Crippen LogP contribution in [0.2, 0.25) is 10.0 Å². The molecule has 0 bridgehead atoms. The molecule has 1 aliphatic carbocycles. The lowest BCUT2D eigenvalue weighted by molar-refractivity contribution is -0.142. The standard InChI is InChI=1S/C19H16BrCl2F3N6O/c20-15-16(10-1-2-10)31(28-17(15)19(23,24)25)6-5-14(32)27-18-26-9-30(29-18)8-11-3-4-12(21)7-13(11)22/h3-4,7,9-10H,1-2,5-6,8H2,(H,27,29,32). The fraction of sp³-hybridized carbons (Fsp3) is 0.368. The number of anilines is 1. The largest absolute Gasteiger partial charge is 0.436 e. The van der Waals surface area contributed by atoms with E-state index in [2.05, 4.69) is 36.4 Å². The van der Waals surface area contributed by atoms with Crippen LogP contribution in [0.4, 0.5) is 19.1 Å². The van der Waals surface area contributed by atoms with Gasteiger partial charge in [0.25, 0.3) is 0 Å². The van der Waals surface area contributed by atoms with Crippen LogP contribution in [0.15, 0.2) is 29.0 Å². The number of carbonyl (C=O) groups excluding carboxylic acids is 1. The second kappa shape index (κ2) is 9.03. The molecule has 0 spiro atoms. The summed E-state index contributed by atoms with van der Waals surface area (Å²) < 4.78 is 42.3. The summed E-state index contributed by atoms with van der Waals surface area (Å²) in [5.74, 6) is -0.331. The molecule has 1 saturated carbocycles.